The molecule has 1 N–H and O–H groups in total. The number of ether oxygens (including phenoxy) is 1. The Balaban J connectivity index is 2.01. The van der Waals surface area contributed by atoms with E-state index in [1.807, 2.05) is 30.3 Å². The summed E-state index contributed by atoms with van der Waals surface area (Å²) in [5.74, 6) is 1.30. The van der Waals surface area contributed by atoms with Gasteiger partial charge in [-0.2, -0.15) is 5.10 Å². The van der Waals surface area contributed by atoms with Crippen molar-refractivity contribution in [3.63, 3.8) is 0 Å². The number of aromatic nitrogens is 2. The van der Waals surface area contributed by atoms with Crippen molar-refractivity contribution in [2.75, 3.05) is 0 Å². The first-order valence-electron chi connectivity index (χ1n) is 6.85. The molecule has 4 heteroatoms. The van der Waals surface area contributed by atoms with E-state index in [2.05, 4.69) is 43.2 Å². The molecule has 1 aromatic heterocycles. The van der Waals surface area contributed by atoms with Gasteiger partial charge in [0.1, 0.15) is 5.75 Å². The van der Waals surface area contributed by atoms with Crippen LogP contribution in [-0.4, -0.2) is 16.2 Å². The molecule has 2 rings (SSSR count). The average molecular weight is 271 g/mol. The highest BCUT2D eigenvalue weighted by Gasteiger charge is 2.03. The molecule has 0 amide bonds. The number of benzene rings is 1. The predicted octanol–water partition coefficient (Wildman–Crippen LogP) is 3.38. The molecule has 0 aliphatic heterocycles. The summed E-state index contributed by atoms with van der Waals surface area (Å²) in [6.07, 6.45) is 0. The number of nitrogens with zero attached hydrogens (tertiary/aromatic N) is 2. The van der Waals surface area contributed by atoms with Gasteiger partial charge in [-0.1, -0.05) is 19.9 Å². The van der Waals surface area contributed by atoms with Crippen molar-refractivity contribution in [1.82, 2.24) is 15.5 Å². The minimum Gasteiger partial charge on any atom is -0.438 e. The van der Waals surface area contributed by atoms with Gasteiger partial charge in [-0.3, -0.25) is 0 Å². The number of nitrogens with one attached hydrogen (secondary N) is 1. The lowest BCUT2D eigenvalue weighted by molar-refractivity contribution is 0.452. The van der Waals surface area contributed by atoms with E-state index in [0.717, 1.165) is 11.4 Å². The lowest BCUT2D eigenvalue weighted by Crippen LogP contribution is -2.22. The zero-order valence-electron chi connectivity index (χ0n) is 12.5. The fraction of sp³-hybridized carbons (Fsp3) is 0.375. The van der Waals surface area contributed by atoms with Crippen LogP contribution in [0.4, 0.5) is 0 Å². The molecule has 0 bridgehead atoms. The molecular weight excluding hydrogens is 250 g/mol. The van der Waals surface area contributed by atoms with E-state index in [9.17, 15) is 0 Å². The lowest BCUT2D eigenvalue weighted by atomic mass is 10.1. The van der Waals surface area contributed by atoms with Crippen LogP contribution in [0.1, 0.15) is 30.7 Å². The number of aryl methyl sites for hydroxylation is 2. The Bertz CT molecular complexity index is 564. The smallest absolute Gasteiger partial charge is 0.238 e. The Morgan fingerprint density at radius 1 is 1.05 bits per heavy atom. The fourth-order valence-electron chi connectivity index (χ4n) is 1.70. The van der Waals surface area contributed by atoms with Crippen LogP contribution in [0.3, 0.4) is 0 Å². The number of rotatable bonds is 5. The molecular formula is C16H21N3O. The summed E-state index contributed by atoms with van der Waals surface area (Å²) in [5, 5.41) is 11.5. The summed E-state index contributed by atoms with van der Waals surface area (Å²) in [6.45, 7) is 9.06. The van der Waals surface area contributed by atoms with E-state index in [-0.39, 0.29) is 0 Å². The standard InChI is InChI=1S/C16H21N3O/c1-11(2)17-10-14-6-8-16(19-18-14)20-15-7-5-12(3)13(4)9-15/h5-9,11,17H,10H2,1-4H3. The second kappa shape index (κ2) is 6.48. The first kappa shape index (κ1) is 14.5. The monoisotopic (exact) mass is 271 g/mol. The first-order valence-corrected chi connectivity index (χ1v) is 6.85. The number of hydrogen-bond donors (Lipinski definition) is 1. The van der Waals surface area contributed by atoms with Crippen LogP contribution < -0.4 is 10.1 Å². The van der Waals surface area contributed by atoms with Gasteiger partial charge in [-0.25, -0.2) is 0 Å². The van der Waals surface area contributed by atoms with Gasteiger partial charge < -0.3 is 10.1 Å². The molecule has 0 fully saturated rings. The van der Waals surface area contributed by atoms with Crippen molar-refractivity contribution in [3.8, 4) is 11.6 Å². The molecule has 2 aromatic rings. The van der Waals surface area contributed by atoms with Gasteiger partial charge in [0.05, 0.1) is 5.69 Å². The van der Waals surface area contributed by atoms with Crippen LogP contribution in [0, 0.1) is 13.8 Å². The van der Waals surface area contributed by atoms with E-state index in [1.54, 1.807) is 0 Å². The van der Waals surface area contributed by atoms with Gasteiger partial charge in [-0.05, 0) is 43.2 Å². The lowest BCUT2D eigenvalue weighted by Gasteiger charge is -2.08. The molecule has 0 atom stereocenters. The normalized spacial score (nSPS) is 10.8. The highest BCUT2D eigenvalue weighted by molar-refractivity contribution is 5.35. The molecule has 106 valence electrons. The quantitative estimate of drug-likeness (QED) is 0.905. The highest BCUT2D eigenvalue weighted by atomic mass is 16.5. The van der Waals surface area contributed by atoms with Gasteiger partial charge >= 0.3 is 0 Å². The predicted molar refractivity (Wildman–Crippen MR) is 80.0 cm³/mol. The maximum atomic E-state index is 5.70. The molecule has 0 aliphatic rings. The summed E-state index contributed by atoms with van der Waals surface area (Å²) < 4.78 is 5.70. The van der Waals surface area contributed by atoms with Crippen LogP contribution >= 0.6 is 0 Å². The van der Waals surface area contributed by atoms with E-state index >= 15 is 0 Å². The Morgan fingerprint density at radius 2 is 1.85 bits per heavy atom. The second-order valence-corrected chi connectivity index (χ2v) is 5.25. The van der Waals surface area contributed by atoms with Gasteiger partial charge in [0.15, 0.2) is 0 Å². The molecule has 0 unspecified atom stereocenters. The third-order valence-corrected chi connectivity index (χ3v) is 3.09. The Labute approximate surface area is 120 Å². The molecule has 20 heavy (non-hydrogen) atoms. The van der Waals surface area contributed by atoms with Gasteiger partial charge in [-0.15, -0.1) is 5.10 Å². The van der Waals surface area contributed by atoms with Crippen LogP contribution in [0.5, 0.6) is 11.6 Å². The van der Waals surface area contributed by atoms with Gasteiger partial charge in [0.2, 0.25) is 5.88 Å². The Morgan fingerprint density at radius 3 is 2.45 bits per heavy atom. The summed E-state index contributed by atoms with van der Waals surface area (Å²) in [5.41, 5.74) is 3.36. The third-order valence-electron chi connectivity index (χ3n) is 3.09. The molecule has 0 aliphatic carbocycles. The molecule has 4 nitrogen and oxygen atoms in total. The van der Waals surface area contributed by atoms with Crippen LogP contribution in [-0.2, 0) is 6.54 Å². The van der Waals surface area contributed by atoms with Crippen molar-refractivity contribution < 1.29 is 4.74 Å². The van der Waals surface area contributed by atoms with Gasteiger partial charge in [0.25, 0.3) is 0 Å². The summed E-state index contributed by atoms with van der Waals surface area (Å²) >= 11 is 0. The highest BCUT2D eigenvalue weighted by Crippen LogP contribution is 2.21. The third kappa shape index (κ3) is 4.03. The molecule has 0 spiro atoms. The van der Waals surface area contributed by atoms with Crippen molar-refractivity contribution in [2.24, 2.45) is 0 Å². The maximum Gasteiger partial charge on any atom is 0.238 e. The zero-order valence-corrected chi connectivity index (χ0v) is 12.5. The molecule has 1 aromatic carbocycles. The molecule has 0 saturated carbocycles. The first-order chi connectivity index (χ1) is 9.54. The number of hydrogen-bond acceptors (Lipinski definition) is 4. The fourth-order valence-corrected chi connectivity index (χ4v) is 1.70. The minimum atomic E-state index is 0.434. The molecule has 0 radical (unpaired) electrons. The molecule has 0 saturated heterocycles. The van der Waals surface area contributed by atoms with Crippen molar-refractivity contribution >= 4 is 0 Å². The summed E-state index contributed by atoms with van der Waals surface area (Å²) in [6, 6.07) is 10.2. The van der Waals surface area contributed by atoms with E-state index in [1.165, 1.54) is 11.1 Å². The van der Waals surface area contributed by atoms with E-state index < -0.39 is 0 Å². The van der Waals surface area contributed by atoms with Crippen molar-refractivity contribution in [1.29, 1.82) is 0 Å². The summed E-state index contributed by atoms with van der Waals surface area (Å²) in [4.78, 5) is 0. The Kier molecular flexibility index (Phi) is 4.69. The van der Waals surface area contributed by atoms with E-state index in [0.29, 0.717) is 18.5 Å². The summed E-state index contributed by atoms with van der Waals surface area (Å²) in [7, 11) is 0. The van der Waals surface area contributed by atoms with Crippen LogP contribution in [0.2, 0.25) is 0 Å². The molecule has 1 heterocycles. The maximum absolute atomic E-state index is 5.70. The van der Waals surface area contributed by atoms with Crippen LogP contribution in [0.25, 0.3) is 0 Å². The zero-order chi connectivity index (χ0) is 14.5. The Hall–Kier alpha value is -1.94. The topological polar surface area (TPSA) is 47.0 Å². The second-order valence-electron chi connectivity index (χ2n) is 5.25. The largest absolute Gasteiger partial charge is 0.438 e. The van der Waals surface area contributed by atoms with Crippen molar-refractivity contribution in [3.05, 3.63) is 47.2 Å². The SMILES string of the molecule is Cc1ccc(Oc2ccc(CNC(C)C)nn2)cc1C. The average Bonchev–Trinajstić information content (AvgIpc) is 2.42. The van der Waals surface area contributed by atoms with E-state index in [4.69, 9.17) is 4.74 Å². The van der Waals surface area contributed by atoms with Crippen LogP contribution in [0.15, 0.2) is 30.3 Å². The minimum absolute atomic E-state index is 0.434. The van der Waals surface area contributed by atoms with Gasteiger partial charge in [0, 0.05) is 18.7 Å². The van der Waals surface area contributed by atoms with Crippen molar-refractivity contribution in [2.45, 2.75) is 40.3 Å².